The highest BCUT2D eigenvalue weighted by molar-refractivity contribution is 6.45. The third-order valence-corrected chi connectivity index (χ3v) is 12.1. The van der Waals surface area contributed by atoms with Crippen LogP contribution >= 0.6 is 23.2 Å². The lowest BCUT2D eigenvalue weighted by Gasteiger charge is -2.37. The number of ether oxygens (including phenoxy) is 1. The Hall–Kier alpha value is -4.32. The molecular formula is C44H49BCl2N4O5. The molecule has 2 aromatic carbocycles. The van der Waals surface area contributed by atoms with Gasteiger partial charge in [0.1, 0.15) is 0 Å². The van der Waals surface area contributed by atoms with E-state index in [1.807, 2.05) is 60.8 Å². The van der Waals surface area contributed by atoms with Crippen molar-refractivity contribution in [1.82, 2.24) is 19.7 Å². The molecule has 4 aliphatic rings. The van der Waals surface area contributed by atoms with Crippen molar-refractivity contribution in [2.75, 3.05) is 40.3 Å². The molecule has 12 heteroatoms. The van der Waals surface area contributed by atoms with Gasteiger partial charge in [0.25, 0.3) is 0 Å². The van der Waals surface area contributed by atoms with E-state index in [1.54, 1.807) is 25.2 Å². The number of hydrogen-bond donors (Lipinski definition) is 2. The van der Waals surface area contributed by atoms with Crippen molar-refractivity contribution in [3.05, 3.63) is 128 Å². The number of carbonyl (C=O) groups is 2. The lowest BCUT2D eigenvalue weighted by Crippen LogP contribution is -2.44. The summed E-state index contributed by atoms with van der Waals surface area (Å²) in [6.07, 6.45) is 11.3. The number of likely N-dealkylation sites (tertiary alicyclic amines) is 1. The van der Waals surface area contributed by atoms with Crippen molar-refractivity contribution in [2.45, 2.75) is 51.8 Å². The fraction of sp³-hybridized carbons (Fsp3) is 0.364. The van der Waals surface area contributed by atoms with Crippen molar-refractivity contribution in [3.63, 3.8) is 0 Å². The second kappa shape index (κ2) is 17.9. The monoisotopic (exact) mass is 794 g/mol. The summed E-state index contributed by atoms with van der Waals surface area (Å²) in [7, 11) is 3.13. The highest BCUT2D eigenvalue weighted by atomic mass is 35.5. The minimum absolute atomic E-state index is 0. The first-order valence-corrected chi connectivity index (χ1v) is 19.6. The highest BCUT2D eigenvalue weighted by Crippen LogP contribution is 2.46. The number of halogens is 2. The number of aliphatic carboxylic acids is 1. The van der Waals surface area contributed by atoms with Crippen molar-refractivity contribution >= 4 is 65.5 Å². The van der Waals surface area contributed by atoms with Gasteiger partial charge in [0.2, 0.25) is 0 Å². The maximum atomic E-state index is 12.6. The Morgan fingerprint density at radius 2 is 1.23 bits per heavy atom. The van der Waals surface area contributed by atoms with Crippen molar-refractivity contribution in [1.29, 1.82) is 0 Å². The lowest BCUT2D eigenvalue weighted by atomic mass is 9.73. The molecule has 2 fully saturated rings. The van der Waals surface area contributed by atoms with Gasteiger partial charge in [-0.2, -0.15) is 0 Å². The highest BCUT2D eigenvalue weighted by Gasteiger charge is 2.37. The van der Waals surface area contributed by atoms with Gasteiger partial charge >= 0.3 is 19.0 Å². The summed E-state index contributed by atoms with van der Waals surface area (Å²) in [4.78, 5) is 38.5. The van der Waals surface area contributed by atoms with Crippen LogP contribution in [0.2, 0.25) is 16.9 Å². The summed E-state index contributed by atoms with van der Waals surface area (Å²) in [5.74, 6) is -0.404. The topological polar surface area (TPSA) is 116 Å². The van der Waals surface area contributed by atoms with Crippen LogP contribution in [0.15, 0.2) is 73.1 Å². The summed E-state index contributed by atoms with van der Waals surface area (Å²) >= 11 is 12.5. The molecule has 8 rings (SSSR count). The van der Waals surface area contributed by atoms with E-state index >= 15 is 0 Å². The molecule has 4 heterocycles. The fourth-order valence-corrected chi connectivity index (χ4v) is 9.19. The van der Waals surface area contributed by atoms with Crippen LogP contribution in [-0.2, 0) is 14.3 Å². The van der Waals surface area contributed by atoms with Gasteiger partial charge in [0.15, 0.2) is 0 Å². The molecule has 292 valence electrons. The third kappa shape index (κ3) is 8.50. The summed E-state index contributed by atoms with van der Waals surface area (Å²) in [5.41, 5.74) is 8.17. The molecule has 4 aromatic rings. The predicted molar refractivity (Wildman–Crippen MR) is 226 cm³/mol. The molecule has 0 radical (unpaired) electrons. The molecule has 2 aromatic heterocycles. The molecule has 2 atom stereocenters. The zero-order chi connectivity index (χ0) is 38.8. The van der Waals surface area contributed by atoms with Crippen LogP contribution in [0.5, 0.6) is 0 Å². The number of carboxylic acid groups (broad SMARTS) is 1. The second-order valence-corrected chi connectivity index (χ2v) is 15.8. The molecule has 0 spiro atoms. The number of rotatable bonds is 5. The molecule has 0 saturated carbocycles. The Morgan fingerprint density at radius 3 is 1.70 bits per heavy atom. The molecule has 0 amide bonds. The average Bonchev–Trinajstić information content (AvgIpc) is 3.42. The number of nitrogens with zero attached hydrogens (tertiary/aromatic N) is 4. The number of carboxylic acids is 1. The van der Waals surface area contributed by atoms with E-state index < -0.39 is 13.0 Å². The first-order chi connectivity index (χ1) is 26.5. The van der Waals surface area contributed by atoms with E-state index in [1.165, 1.54) is 7.11 Å². The molecule has 2 aliphatic carbocycles. The van der Waals surface area contributed by atoms with E-state index in [2.05, 4.69) is 27.8 Å². The van der Waals surface area contributed by atoms with Crippen molar-refractivity contribution in [3.8, 4) is 0 Å². The minimum atomic E-state index is -0.970. The number of piperidine rings is 2. The van der Waals surface area contributed by atoms with Crippen LogP contribution in [0.25, 0.3) is 23.3 Å². The Balaban J connectivity index is 0.000000187. The lowest BCUT2D eigenvalue weighted by molar-refractivity contribution is -0.133. The van der Waals surface area contributed by atoms with Crippen LogP contribution in [0.4, 0.5) is 0 Å². The average molecular weight is 796 g/mol. The molecule has 2 aliphatic heterocycles. The normalized spacial score (nSPS) is 19.8. The number of aromatic nitrogens is 2. The van der Waals surface area contributed by atoms with Crippen LogP contribution in [0, 0.1) is 11.8 Å². The summed E-state index contributed by atoms with van der Waals surface area (Å²) < 4.78 is 5.07. The molecule has 2 N–H and O–H groups in total. The maximum Gasteiger partial charge on any atom is 0.376 e. The second-order valence-electron chi connectivity index (χ2n) is 14.9. The van der Waals surface area contributed by atoms with Gasteiger partial charge in [-0.1, -0.05) is 54.9 Å². The van der Waals surface area contributed by atoms with E-state index in [0.29, 0.717) is 33.0 Å². The van der Waals surface area contributed by atoms with Gasteiger partial charge in [0.05, 0.1) is 29.6 Å². The summed E-state index contributed by atoms with van der Waals surface area (Å²) in [5, 5.41) is 20.9. The molecular weight excluding hydrogens is 746 g/mol. The Morgan fingerprint density at radius 1 is 0.768 bits per heavy atom. The SMILES string of the molecule is C.CB(O)N1CCC(C2c3ccc(Cl)cc3C(C(=O)O)=Cc3cccnc32)CC1.COC(=O)C1=Cc2cccnc2C(C2CCN(C)CC2)c2ccc(Cl)cc21. The van der Waals surface area contributed by atoms with E-state index in [-0.39, 0.29) is 30.8 Å². The Labute approximate surface area is 340 Å². The number of hydrogen-bond acceptors (Lipinski definition) is 8. The number of esters is 1. The Bertz CT molecular complexity index is 2140. The molecule has 2 saturated heterocycles. The van der Waals surface area contributed by atoms with Gasteiger partial charge in [-0.3, -0.25) is 9.97 Å². The van der Waals surface area contributed by atoms with E-state index in [9.17, 15) is 19.7 Å². The number of fused-ring (bicyclic) bond motifs is 4. The minimum Gasteiger partial charge on any atom is -0.478 e. The standard InChI is InChI=1S/C22H23ClN2O2.C21H22BClN2O3.CH4/c1-25-10-7-14(8-11-25)20-17-6-5-16(23)13-18(17)19(22(26)27-2)12-15-4-3-9-24-21(15)20;1-22(28)25-9-6-13(7-10-25)19-16-5-4-15(23)12-17(16)18(21(26)27)11-14-3-2-8-24-20(14)19;/h3-6,9,12-14,20H,7-8,10-11H2,1-2H3;2-5,8,11-13,19,28H,6-7,9-10H2,1H3,(H,26,27);1H4. The molecule has 9 nitrogen and oxygen atoms in total. The largest absolute Gasteiger partial charge is 0.478 e. The van der Waals surface area contributed by atoms with E-state index in [0.717, 1.165) is 91.1 Å². The number of benzene rings is 2. The summed E-state index contributed by atoms with van der Waals surface area (Å²) in [6.45, 7) is 5.56. The van der Waals surface area contributed by atoms with Gasteiger partial charge in [0, 0.05) is 34.3 Å². The van der Waals surface area contributed by atoms with Crippen LogP contribution in [0.3, 0.4) is 0 Å². The van der Waals surface area contributed by atoms with Crippen molar-refractivity contribution < 1.29 is 24.5 Å². The molecule has 0 bridgehead atoms. The number of pyridine rings is 2. The van der Waals surface area contributed by atoms with Gasteiger partial charge in [-0.25, -0.2) is 9.59 Å². The van der Waals surface area contributed by atoms with Gasteiger partial charge in [-0.05, 0) is 159 Å². The summed E-state index contributed by atoms with van der Waals surface area (Å²) in [6, 6.07) is 19.1. The third-order valence-electron chi connectivity index (χ3n) is 11.7. The predicted octanol–water partition coefficient (Wildman–Crippen LogP) is 8.50. The first-order valence-electron chi connectivity index (χ1n) is 18.9. The van der Waals surface area contributed by atoms with Crippen molar-refractivity contribution in [2.24, 2.45) is 11.8 Å². The maximum absolute atomic E-state index is 12.6. The zero-order valence-electron chi connectivity index (χ0n) is 31.3. The Kier molecular flexibility index (Phi) is 13.2. The zero-order valence-corrected chi connectivity index (χ0v) is 32.8. The quantitative estimate of drug-likeness (QED) is 0.152. The number of carbonyl (C=O) groups excluding carboxylic acids is 1. The number of methoxy groups -OCH3 is 1. The smallest absolute Gasteiger partial charge is 0.376 e. The fourth-order valence-electron chi connectivity index (χ4n) is 8.85. The van der Waals surface area contributed by atoms with Crippen LogP contribution < -0.4 is 0 Å². The van der Waals surface area contributed by atoms with E-state index in [4.69, 9.17) is 32.9 Å². The molecule has 2 unspecified atom stereocenters. The van der Waals surface area contributed by atoms with Gasteiger partial charge in [-0.15, -0.1) is 0 Å². The van der Waals surface area contributed by atoms with Gasteiger partial charge < -0.3 is 24.6 Å². The first kappa shape index (κ1) is 41.3. The van der Waals surface area contributed by atoms with Crippen LogP contribution in [0.1, 0.15) is 89.7 Å². The molecule has 56 heavy (non-hydrogen) atoms. The van der Waals surface area contributed by atoms with Crippen LogP contribution in [-0.4, -0.2) is 89.1 Å².